The van der Waals surface area contributed by atoms with Crippen LogP contribution in [0, 0.1) is 11.8 Å². The van der Waals surface area contributed by atoms with E-state index in [9.17, 15) is 19.5 Å². The molecule has 0 bridgehead atoms. The molecule has 248 valence electrons. The van der Waals surface area contributed by atoms with Crippen molar-refractivity contribution in [3.63, 3.8) is 0 Å². The highest BCUT2D eigenvalue weighted by molar-refractivity contribution is 6.12. The number of ether oxygens (including phenoxy) is 2. The van der Waals surface area contributed by atoms with Crippen molar-refractivity contribution in [1.82, 2.24) is 5.32 Å². The van der Waals surface area contributed by atoms with Crippen molar-refractivity contribution in [1.29, 1.82) is 0 Å². The molecule has 46 heavy (non-hydrogen) atoms. The maximum Gasteiger partial charge on any atom is 0.328 e. The van der Waals surface area contributed by atoms with Crippen LogP contribution in [-0.4, -0.2) is 56.1 Å². The van der Waals surface area contributed by atoms with Gasteiger partial charge in [0.15, 0.2) is 11.5 Å². The van der Waals surface area contributed by atoms with E-state index in [0.29, 0.717) is 65.3 Å². The molecule has 1 aliphatic carbocycles. The fraction of sp³-hybridized carbons (Fsp3) is 0.417. The van der Waals surface area contributed by atoms with Crippen LogP contribution in [0.2, 0.25) is 0 Å². The minimum absolute atomic E-state index is 0.0806. The Balaban J connectivity index is 1.87. The summed E-state index contributed by atoms with van der Waals surface area (Å²) in [6.45, 7) is 7.88. The molecule has 1 saturated carbocycles. The van der Waals surface area contributed by atoms with Gasteiger partial charge in [0, 0.05) is 37.3 Å². The molecule has 10 nitrogen and oxygen atoms in total. The van der Waals surface area contributed by atoms with Crippen LogP contribution < -0.4 is 31.2 Å². The Morgan fingerprint density at radius 2 is 1.52 bits per heavy atom. The highest BCUT2D eigenvalue weighted by Gasteiger charge is 2.25. The van der Waals surface area contributed by atoms with Gasteiger partial charge in [0.1, 0.15) is 23.6 Å². The van der Waals surface area contributed by atoms with E-state index >= 15 is 0 Å². The lowest BCUT2D eigenvalue weighted by atomic mass is 9.87. The molecule has 2 atom stereocenters. The molecule has 0 spiro atoms. The van der Waals surface area contributed by atoms with E-state index in [1.807, 2.05) is 71.0 Å². The minimum atomic E-state index is -0.765. The Kier molecular flexibility index (Phi) is 12.9. The summed E-state index contributed by atoms with van der Waals surface area (Å²) < 4.78 is 11.3. The van der Waals surface area contributed by atoms with E-state index in [1.165, 1.54) is 6.08 Å². The summed E-state index contributed by atoms with van der Waals surface area (Å²) in [5.41, 5.74) is 15.7. The number of aliphatic hydroxyl groups excluding tert-OH is 1. The Labute approximate surface area is 272 Å². The van der Waals surface area contributed by atoms with Crippen molar-refractivity contribution in [3.05, 3.63) is 76.1 Å². The molecule has 0 radical (unpaired) electrons. The SMILES string of the molecule is CNCc1ccc(/C=C2\CCC/C(=C(O)\C=C\c3ccc(N(C)C)c(OC(=O)C(N)C(C)C)c3)C2=O)cc1OC(=O)C(N)C(C)C. The second-order valence-electron chi connectivity index (χ2n) is 12.5. The summed E-state index contributed by atoms with van der Waals surface area (Å²) >= 11 is 0. The molecule has 0 aromatic heterocycles. The predicted molar refractivity (Wildman–Crippen MR) is 182 cm³/mol. The lowest BCUT2D eigenvalue weighted by Gasteiger charge is -2.20. The fourth-order valence-electron chi connectivity index (χ4n) is 4.81. The van der Waals surface area contributed by atoms with Gasteiger partial charge in [-0.1, -0.05) is 52.0 Å². The number of ketones is 1. The zero-order valence-electron chi connectivity index (χ0n) is 27.9. The fourth-order valence-corrected chi connectivity index (χ4v) is 4.81. The molecule has 2 unspecified atom stereocenters. The number of esters is 2. The smallest absolute Gasteiger partial charge is 0.328 e. The normalized spacial score (nSPS) is 17.0. The zero-order chi connectivity index (χ0) is 34.1. The molecule has 3 rings (SSSR count). The van der Waals surface area contributed by atoms with Crippen molar-refractivity contribution in [2.75, 3.05) is 26.0 Å². The number of benzene rings is 2. The monoisotopic (exact) mass is 632 g/mol. The van der Waals surface area contributed by atoms with E-state index < -0.39 is 24.0 Å². The number of hydrogen-bond acceptors (Lipinski definition) is 10. The lowest BCUT2D eigenvalue weighted by molar-refractivity contribution is -0.137. The van der Waals surface area contributed by atoms with Crippen LogP contribution in [0.5, 0.6) is 11.5 Å². The van der Waals surface area contributed by atoms with Gasteiger partial charge in [0.2, 0.25) is 0 Å². The van der Waals surface area contributed by atoms with Gasteiger partial charge in [-0.25, -0.2) is 9.59 Å². The average Bonchev–Trinajstić information content (AvgIpc) is 3.01. The largest absolute Gasteiger partial charge is 0.508 e. The zero-order valence-corrected chi connectivity index (χ0v) is 27.9. The van der Waals surface area contributed by atoms with Crippen LogP contribution in [0.1, 0.15) is 63.6 Å². The third kappa shape index (κ3) is 9.38. The third-order valence-electron chi connectivity index (χ3n) is 7.85. The van der Waals surface area contributed by atoms with Gasteiger partial charge in [0.25, 0.3) is 0 Å². The van der Waals surface area contributed by atoms with E-state index in [-0.39, 0.29) is 23.4 Å². The first kappa shape index (κ1) is 36.2. The number of carbonyl (C=O) groups excluding carboxylic acids is 3. The van der Waals surface area contributed by atoms with Crippen LogP contribution in [0.25, 0.3) is 12.2 Å². The second-order valence-corrected chi connectivity index (χ2v) is 12.5. The maximum absolute atomic E-state index is 13.5. The standard InChI is InChI=1S/C36H48N4O6/c1-21(2)32(37)35(43)45-30-19-24(11-14-26(30)20-39-5)17-25-9-8-10-27(34(25)42)29(41)16-13-23-12-15-28(40(6)7)31(18-23)46-36(44)33(38)22(3)4/h11-19,21-22,32-33,39,41H,8-10,20,37-38H2,1-7H3/b16-13+,25-17+,29-27-. The predicted octanol–water partition coefficient (Wildman–Crippen LogP) is 4.91. The lowest BCUT2D eigenvalue weighted by Crippen LogP contribution is -2.38. The van der Waals surface area contributed by atoms with Gasteiger partial charge in [-0.05, 0) is 79.6 Å². The molecule has 10 heteroatoms. The number of nitrogens with zero attached hydrogens (tertiary/aromatic N) is 1. The quantitative estimate of drug-likeness (QED) is 0.110. The Bertz CT molecular complexity index is 1520. The highest BCUT2D eigenvalue weighted by atomic mass is 16.5. The van der Waals surface area contributed by atoms with Crippen molar-refractivity contribution in [2.24, 2.45) is 23.3 Å². The number of rotatable bonds is 12. The van der Waals surface area contributed by atoms with Crippen molar-refractivity contribution >= 4 is 35.6 Å². The molecule has 0 heterocycles. The van der Waals surface area contributed by atoms with E-state index in [4.69, 9.17) is 20.9 Å². The molecule has 0 saturated heterocycles. The summed E-state index contributed by atoms with van der Waals surface area (Å²) in [7, 11) is 5.48. The molecular weight excluding hydrogens is 584 g/mol. The van der Waals surface area contributed by atoms with Crippen LogP contribution >= 0.6 is 0 Å². The van der Waals surface area contributed by atoms with Crippen LogP contribution in [0.15, 0.2) is 59.4 Å². The number of hydrogen-bond donors (Lipinski definition) is 4. The average molecular weight is 633 g/mol. The molecule has 2 aromatic rings. The number of nitrogens with two attached hydrogens (primary N) is 2. The summed E-state index contributed by atoms with van der Waals surface area (Å²) in [4.78, 5) is 40.5. The molecule has 0 amide bonds. The highest BCUT2D eigenvalue weighted by Crippen LogP contribution is 2.32. The minimum Gasteiger partial charge on any atom is -0.508 e. The molecule has 6 N–H and O–H groups in total. The Morgan fingerprint density at radius 3 is 2.11 bits per heavy atom. The summed E-state index contributed by atoms with van der Waals surface area (Å²) in [5, 5.41) is 14.0. The number of anilines is 1. The van der Waals surface area contributed by atoms with Crippen LogP contribution in [-0.2, 0) is 20.9 Å². The summed E-state index contributed by atoms with van der Waals surface area (Å²) in [6, 6.07) is 9.24. The van der Waals surface area contributed by atoms with Gasteiger partial charge < -0.3 is 36.3 Å². The molecular formula is C36H48N4O6. The number of allylic oxidation sites excluding steroid dienone is 3. The van der Waals surface area contributed by atoms with Gasteiger partial charge in [-0.3, -0.25) is 4.79 Å². The van der Waals surface area contributed by atoms with E-state index in [0.717, 1.165) is 5.56 Å². The van der Waals surface area contributed by atoms with Crippen LogP contribution in [0.4, 0.5) is 5.69 Å². The molecule has 0 aliphatic heterocycles. The van der Waals surface area contributed by atoms with E-state index in [2.05, 4.69) is 5.32 Å². The molecule has 2 aromatic carbocycles. The first-order valence-corrected chi connectivity index (χ1v) is 15.6. The van der Waals surface area contributed by atoms with Crippen molar-refractivity contribution in [2.45, 2.75) is 65.6 Å². The number of Topliss-reactive ketones (excluding diaryl/α,β-unsaturated/α-hetero) is 1. The maximum atomic E-state index is 13.5. The summed E-state index contributed by atoms with van der Waals surface area (Å²) in [5.74, 6) is -0.862. The first-order valence-electron chi connectivity index (χ1n) is 15.6. The number of carbonyl (C=O) groups is 3. The van der Waals surface area contributed by atoms with Crippen molar-refractivity contribution in [3.8, 4) is 11.5 Å². The Morgan fingerprint density at radius 1 is 0.935 bits per heavy atom. The topological polar surface area (TPSA) is 157 Å². The van der Waals surface area contributed by atoms with Gasteiger partial charge in [-0.15, -0.1) is 0 Å². The molecule has 1 fully saturated rings. The first-order chi connectivity index (χ1) is 21.7. The number of nitrogens with one attached hydrogen (secondary N) is 1. The van der Waals surface area contributed by atoms with Gasteiger partial charge in [-0.2, -0.15) is 0 Å². The second kappa shape index (κ2) is 16.4. The number of aliphatic hydroxyl groups is 1. The molecule has 1 aliphatic rings. The van der Waals surface area contributed by atoms with Gasteiger partial charge >= 0.3 is 11.9 Å². The third-order valence-corrected chi connectivity index (χ3v) is 7.85. The van der Waals surface area contributed by atoms with Crippen molar-refractivity contribution < 1.29 is 29.0 Å². The van der Waals surface area contributed by atoms with Crippen LogP contribution in [0.3, 0.4) is 0 Å². The Hall–Kier alpha value is -4.25. The van der Waals surface area contributed by atoms with E-state index in [1.54, 1.807) is 31.3 Å². The van der Waals surface area contributed by atoms with Gasteiger partial charge in [0.05, 0.1) is 5.69 Å². The summed E-state index contributed by atoms with van der Waals surface area (Å²) in [6.07, 6.45) is 6.57.